The van der Waals surface area contributed by atoms with E-state index < -0.39 is 0 Å². The topological polar surface area (TPSA) is 54.5 Å². The molecule has 3 heterocycles. The lowest BCUT2D eigenvalue weighted by atomic mass is 9.74. The minimum atomic E-state index is 0.00139. The summed E-state index contributed by atoms with van der Waals surface area (Å²) in [6.45, 7) is 7.33. The molecule has 32 heavy (non-hydrogen) atoms. The van der Waals surface area contributed by atoms with Gasteiger partial charge in [-0.25, -0.2) is 0 Å². The average Bonchev–Trinajstić information content (AvgIpc) is 3.54. The van der Waals surface area contributed by atoms with Crippen LogP contribution in [0, 0.1) is 18.3 Å². The smallest absolute Gasteiger partial charge is 0.223 e. The molecule has 1 atom stereocenters. The molecule has 2 saturated heterocycles. The van der Waals surface area contributed by atoms with E-state index in [1.54, 1.807) is 0 Å². The largest absolute Gasteiger partial charge is 0.381 e. The fourth-order valence-electron chi connectivity index (χ4n) is 5.84. The lowest BCUT2D eigenvalue weighted by molar-refractivity contribution is -0.124. The van der Waals surface area contributed by atoms with Crippen LogP contribution in [0.25, 0.3) is 0 Å². The zero-order chi connectivity index (χ0) is 22.0. The summed E-state index contributed by atoms with van der Waals surface area (Å²) in [5.74, 6) is 0.454. The van der Waals surface area contributed by atoms with Crippen LogP contribution < -0.4 is 5.32 Å². The second kappa shape index (κ2) is 8.95. The molecule has 1 amide bonds. The molecule has 0 radical (unpaired) electrons. The summed E-state index contributed by atoms with van der Waals surface area (Å²) in [5, 5.41) is 3.36. The van der Waals surface area contributed by atoms with Crippen molar-refractivity contribution in [3.63, 3.8) is 0 Å². The molecule has 1 aromatic carbocycles. The number of carbonyl (C=O) groups excluding carboxylic acids is 1. The van der Waals surface area contributed by atoms with E-state index in [4.69, 9.17) is 4.74 Å². The molecule has 2 aliphatic heterocycles. The van der Waals surface area contributed by atoms with Crippen molar-refractivity contribution in [1.82, 2.24) is 15.2 Å². The second-order valence-corrected chi connectivity index (χ2v) is 10.1. The van der Waals surface area contributed by atoms with E-state index in [1.807, 2.05) is 13.0 Å². The Balaban J connectivity index is 1.15. The number of nitrogens with one attached hydrogen (secondary N) is 1. The summed E-state index contributed by atoms with van der Waals surface area (Å²) in [7, 11) is 0. The van der Waals surface area contributed by atoms with Crippen LogP contribution in [-0.4, -0.2) is 48.6 Å². The Morgan fingerprint density at radius 3 is 2.53 bits per heavy atom. The van der Waals surface area contributed by atoms with E-state index >= 15 is 0 Å². The van der Waals surface area contributed by atoms with E-state index in [-0.39, 0.29) is 22.7 Å². The second-order valence-electron chi connectivity index (χ2n) is 10.1. The van der Waals surface area contributed by atoms with Crippen LogP contribution in [0.5, 0.6) is 0 Å². The molecule has 1 saturated carbocycles. The zero-order valence-electron chi connectivity index (χ0n) is 19.2. The first kappa shape index (κ1) is 21.6. The van der Waals surface area contributed by atoms with Gasteiger partial charge in [0.1, 0.15) is 0 Å². The van der Waals surface area contributed by atoms with Crippen LogP contribution in [-0.2, 0) is 21.5 Å². The molecule has 0 unspecified atom stereocenters. The van der Waals surface area contributed by atoms with Crippen LogP contribution in [0.15, 0.2) is 48.5 Å². The summed E-state index contributed by atoms with van der Waals surface area (Å²) >= 11 is 0. The first-order valence-electron chi connectivity index (χ1n) is 12.1. The number of hydrogen-bond donors (Lipinski definition) is 1. The Hall–Kier alpha value is -2.24. The van der Waals surface area contributed by atoms with Crippen LogP contribution in [0.2, 0.25) is 0 Å². The minimum absolute atomic E-state index is 0.00139. The number of rotatable bonds is 6. The van der Waals surface area contributed by atoms with Crippen molar-refractivity contribution in [2.75, 3.05) is 32.8 Å². The number of benzene rings is 1. The lowest BCUT2D eigenvalue weighted by Crippen LogP contribution is -2.45. The SMILES string of the molecule is Cc1cccc(CN2CCC3(CC2)C[C@H]3C(=O)NCC2(c3ccccc3)CCOCC2)n1. The van der Waals surface area contributed by atoms with Crippen molar-refractivity contribution in [1.29, 1.82) is 0 Å². The van der Waals surface area contributed by atoms with Gasteiger partial charge in [0.2, 0.25) is 5.91 Å². The predicted molar refractivity (Wildman–Crippen MR) is 125 cm³/mol. The molecule has 5 rings (SSSR count). The third-order valence-corrected chi connectivity index (χ3v) is 8.13. The van der Waals surface area contributed by atoms with Gasteiger partial charge < -0.3 is 10.1 Å². The minimum Gasteiger partial charge on any atom is -0.381 e. The van der Waals surface area contributed by atoms with Crippen molar-refractivity contribution >= 4 is 5.91 Å². The third-order valence-electron chi connectivity index (χ3n) is 8.13. The first-order valence-corrected chi connectivity index (χ1v) is 12.1. The van der Waals surface area contributed by atoms with Crippen LogP contribution in [0.4, 0.5) is 0 Å². The molecule has 3 fully saturated rings. The molecule has 1 aromatic heterocycles. The van der Waals surface area contributed by atoms with Gasteiger partial charge in [-0.15, -0.1) is 0 Å². The van der Waals surface area contributed by atoms with Crippen LogP contribution >= 0.6 is 0 Å². The molecule has 2 aromatic rings. The number of piperidine rings is 1. The first-order chi connectivity index (χ1) is 15.6. The zero-order valence-corrected chi connectivity index (χ0v) is 19.2. The molecule has 1 aliphatic carbocycles. The molecule has 1 N–H and O–H groups in total. The molecule has 5 nitrogen and oxygen atoms in total. The Bertz CT molecular complexity index is 931. The number of amides is 1. The summed E-state index contributed by atoms with van der Waals surface area (Å²) in [5.41, 5.74) is 3.78. The molecule has 5 heteroatoms. The van der Waals surface area contributed by atoms with Crippen molar-refractivity contribution in [2.45, 2.75) is 51.0 Å². The Labute approximate surface area is 191 Å². The van der Waals surface area contributed by atoms with Gasteiger partial charge in [-0.3, -0.25) is 14.7 Å². The number of ether oxygens (including phenoxy) is 1. The van der Waals surface area contributed by atoms with Gasteiger partial charge in [-0.05, 0) is 75.2 Å². The number of aromatic nitrogens is 1. The van der Waals surface area contributed by atoms with E-state index in [0.717, 1.165) is 82.9 Å². The highest BCUT2D eigenvalue weighted by Crippen LogP contribution is 2.59. The number of pyridine rings is 1. The van der Waals surface area contributed by atoms with Gasteiger partial charge in [-0.2, -0.15) is 0 Å². The molecular weight excluding hydrogens is 398 g/mol. The molecule has 0 bridgehead atoms. The number of nitrogens with zero attached hydrogens (tertiary/aromatic N) is 2. The van der Waals surface area contributed by atoms with Crippen LogP contribution in [0.3, 0.4) is 0 Å². The van der Waals surface area contributed by atoms with Crippen molar-refractivity contribution in [3.8, 4) is 0 Å². The summed E-state index contributed by atoms with van der Waals surface area (Å²) < 4.78 is 5.64. The van der Waals surface area contributed by atoms with E-state index in [0.29, 0.717) is 0 Å². The van der Waals surface area contributed by atoms with Gasteiger partial charge in [-0.1, -0.05) is 36.4 Å². The predicted octanol–water partition coefficient (Wildman–Crippen LogP) is 3.86. The highest BCUT2D eigenvalue weighted by atomic mass is 16.5. The van der Waals surface area contributed by atoms with Crippen molar-refractivity contribution in [2.24, 2.45) is 11.3 Å². The lowest BCUT2D eigenvalue weighted by Gasteiger charge is -2.38. The fourth-order valence-corrected chi connectivity index (χ4v) is 5.84. The number of hydrogen-bond acceptors (Lipinski definition) is 4. The maximum Gasteiger partial charge on any atom is 0.223 e. The van der Waals surface area contributed by atoms with Crippen LogP contribution in [0.1, 0.15) is 49.1 Å². The highest BCUT2D eigenvalue weighted by molar-refractivity contribution is 5.82. The summed E-state index contributed by atoms with van der Waals surface area (Å²) in [6, 6.07) is 16.9. The fraction of sp³-hybridized carbons (Fsp3) is 0.556. The maximum atomic E-state index is 13.1. The molecule has 1 spiro atoms. The standard InChI is InChI=1S/C27H35N3O2/c1-21-6-5-9-23(29-21)19-30-14-10-26(11-15-30)18-24(26)25(31)28-20-27(12-16-32-17-13-27)22-7-3-2-4-8-22/h2-9,24H,10-20H2,1H3,(H,28,31)/t24-/m0/s1. The highest BCUT2D eigenvalue weighted by Gasteiger charge is 2.58. The Morgan fingerprint density at radius 1 is 1.06 bits per heavy atom. The normalized spacial score (nSPS) is 24.2. The van der Waals surface area contributed by atoms with Crippen molar-refractivity contribution in [3.05, 3.63) is 65.5 Å². The van der Waals surface area contributed by atoms with Gasteiger partial charge in [0.15, 0.2) is 0 Å². The Kier molecular flexibility index (Phi) is 6.04. The Morgan fingerprint density at radius 2 is 1.81 bits per heavy atom. The molecule has 3 aliphatic rings. The quantitative estimate of drug-likeness (QED) is 0.752. The average molecular weight is 434 g/mol. The number of aryl methyl sites for hydroxylation is 1. The molecule has 170 valence electrons. The third kappa shape index (κ3) is 4.46. The maximum absolute atomic E-state index is 13.1. The van der Waals surface area contributed by atoms with E-state index in [2.05, 4.69) is 57.7 Å². The van der Waals surface area contributed by atoms with Gasteiger partial charge in [0.05, 0.1) is 5.69 Å². The number of carbonyl (C=O) groups is 1. The summed E-state index contributed by atoms with van der Waals surface area (Å²) in [6.07, 6.45) is 5.23. The van der Waals surface area contributed by atoms with Crippen molar-refractivity contribution < 1.29 is 9.53 Å². The van der Waals surface area contributed by atoms with Gasteiger partial charge >= 0.3 is 0 Å². The number of likely N-dealkylation sites (tertiary alicyclic amines) is 1. The van der Waals surface area contributed by atoms with Gasteiger partial charge in [0.25, 0.3) is 0 Å². The van der Waals surface area contributed by atoms with Gasteiger partial charge in [0, 0.05) is 43.3 Å². The molecular formula is C27H35N3O2. The summed E-state index contributed by atoms with van der Waals surface area (Å²) in [4.78, 5) is 20.3. The van der Waals surface area contributed by atoms with E-state index in [9.17, 15) is 4.79 Å². The monoisotopic (exact) mass is 433 g/mol. The van der Waals surface area contributed by atoms with E-state index in [1.165, 1.54) is 5.56 Å².